The van der Waals surface area contributed by atoms with Gasteiger partial charge in [-0.15, -0.1) is 5.10 Å². The lowest BCUT2D eigenvalue weighted by Crippen LogP contribution is -2.48. The molecule has 1 aliphatic rings. The quantitative estimate of drug-likeness (QED) is 0.866. The summed E-state index contributed by atoms with van der Waals surface area (Å²) in [6.07, 6.45) is 5.54. The van der Waals surface area contributed by atoms with Crippen LogP contribution in [-0.4, -0.2) is 49.6 Å². The molecule has 0 aromatic carbocycles. The Kier molecular flexibility index (Phi) is 4.52. The summed E-state index contributed by atoms with van der Waals surface area (Å²) in [5.74, 6) is 0.0974. The number of hydrogen-bond acceptors (Lipinski definition) is 4. The number of hydrogen-bond donors (Lipinski definition) is 1. The molecule has 1 aromatic heterocycles. The lowest BCUT2D eigenvalue weighted by Gasteiger charge is -2.39. The number of aliphatic hydroxyl groups is 1. The molecule has 1 fully saturated rings. The van der Waals surface area contributed by atoms with E-state index in [4.69, 9.17) is 5.11 Å². The minimum Gasteiger partial charge on any atom is -0.396 e. The maximum atomic E-state index is 12.3. The fourth-order valence-electron chi connectivity index (χ4n) is 2.78. The van der Waals surface area contributed by atoms with E-state index in [-0.39, 0.29) is 19.1 Å². The Hall–Kier alpha value is -1.43. The molecular formula is C13H22N4O2. The Morgan fingerprint density at radius 3 is 2.74 bits per heavy atom. The summed E-state index contributed by atoms with van der Waals surface area (Å²) in [7, 11) is 0. The van der Waals surface area contributed by atoms with Gasteiger partial charge in [0, 0.05) is 31.3 Å². The highest BCUT2D eigenvalue weighted by atomic mass is 16.3. The highest BCUT2D eigenvalue weighted by Gasteiger charge is 2.28. The summed E-state index contributed by atoms with van der Waals surface area (Å²) in [6, 6.07) is 0.605. The number of carbonyl (C=O) groups is 1. The molecule has 1 aliphatic heterocycles. The van der Waals surface area contributed by atoms with Gasteiger partial charge in [-0.1, -0.05) is 5.21 Å². The molecule has 106 valence electrons. The normalized spacial score (nSPS) is 23.6. The molecule has 1 N–H and O–H groups in total. The van der Waals surface area contributed by atoms with Gasteiger partial charge in [0.2, 0.25) is 5.91 Å². The predicted molar refractivity (Wildman–Crippen MR) is 70.4 cm³/mol. The number of aliphatic hydroxyl groups excluding tert-OH is 1. The molecular weight excluding hydrogens is 244 g/mol. The van der Waals surface area contributed by atoms with Crippen LogP contribution in [0.25, 0.3) is 0 Å². The van der Waals surface area contributed by atoms with E-state index in [1.54, 1.807) is 10.9 Å². The first kappa shape index (κ1) is 14.0. The summed E-state index contributed by atoms with van der Waals surface area (Å²) in [6.45, 7) is 4.48. The second-order valence-corrected chi connectivity index (χ2v) is 5.31. The third kappa shape index (κ3) is 3.32. The Morgan fingerprint density at radius 1 is 1.42 bits per heavy atom. The second-order valence-electron chi connectivity index (χ2n) is 5.31. The van der Waals surface area contributed by atoms with Crippen molar-refractivity contribution in [2.75, 3.05) is 6.61 Å². The first-order valence-electron chi connectivity index (χ1n) is 6.93. The van der Waals surface area contributed by atoms with Gasteiger partial charge in [0.1, 0.15) is 6.54 Å². The van der Waals surface area contributed by atoms with Crippen molar-refractivity contribution >= 4 is 5.91 Å². The van der Waals surface area contributed by atoms with Gasteiger partial charge >= 0.3 is 0 Å². The molecule has 2 unspecified atom stereocenters. The van der Waals surface area contributed by atoms with Crippen LogP contribution in [0.1, 0.15) is 38.8 Å². The van der Waals surface area contributed by atoms with E-state index < -0.39 is 0 Å². The predicted octanol–water partition coefficient (Wildman–Crippen LogP) is 0.602. The first-order chi connectivity index (χ1) is 9.11. The summed E-state index contributed by atoms with van der Waals surface area (Å²) in [5.41, 5.74) is 0.718. The van der Waals surface area contributed by atoms with Crippen LogP contribution >= 0.6 is 0 Å². The first-order valence-corrected chi connectivity index (χ1v) is 6.93. The third-order valence-electron chi connectivity index (χ3n) is 3.73. The van der Waals surface area contributed by atoms with Crippen molar-refractivity contribution in [3.8, 4) is 0 Å². The standard InChI is InChI=1S/C13H22N4O2/c1-10-4-3-5-11(2)17(10)13(19)9-16-8-12(6-7-18)14-15-16/h8,10-11,18H,3-7,9H2,1-2H3. The van der Waals surface area contributed by atoms with Crippen LogP contribution in [0.3, 0.4) is 0 Å². The summed E-state index contributed by atoms with van der Waals surface area (Å²) in [5, 5.41) is 16.7. The summed E-state index contributed by atoms with van der Waals surface area (Å²) in [4.78, 5) is 14.3. The van der Waals surface area contributed by atoms with Gasteiger partial charge in [-0.25, -0.2) is 4.68 Å². The summed E-state index contributed by atoms with van der Waals surface area (Å²) >= 11 is 0. The molecule has 6 nitrogen and oxygen atoms in total. The SMILES string of the molecule is CC1CCCC(C)N1C(=O)Cn1cc(CCO)nn1. The zero-order valence-electron chi connectivity index (χ0n) is 11.6. The van der Waals surface area contributed by atoms with E-state index >= 15 is 0 Å². The highest BCUT2D eigenvalue weighted by molar-refractivity contribution is 5.76. The van der Waals surface area contributed by atoms with Crippen molar-refractivity contribution in [3.63, 3.8) is 0 Å². The largest absolute Gasteiger partial charge is 0.396 e. The summed E-state index contributed by atoms with van der Waals surface area (Å²) < 4.78 is 1.56. The second kappa shape index (κ2) is 6.14. The van der Waals surface area contributed by atoms with Gasteiger partial charge in [0.15, 0.2) is 0 Å². The van der Waals surface area contributed by atoms with E-state index in [2.05, 4.69) is 24.2 Å². The Bertz CT molecular complexity index is 422. The highest BCUT2D eigenvalue weighted by Crippen LogP contribution is 2.22. The zero-order chi connectivity index (χ0) is 13.8. The number of nitrogens with zero attached hydrogens (tertiary/aromatic N) is 4. The molecule has 1 amide bonds. The average molecular weight is 266 g/mol. The molecule has 0 saturated carbocycles. The fraction of sp³-hybridized carbons (Fsp3) is 0.769. The van der Waals surface area contributed by atoms with Crippen LogP contribution in [0, 0.1) is 0 Å². The van der Waals surface area contributed by atoms with Gasteiger partial charge in [-0.05, 0) is 33.1 Å². The Balaban J connectivity index is 1.98. The molecule has 0 aliphatic carbocycles. The van der Waals surface area contributed by atoms with Crippen molar-refractivity contribution in [1.29, 1.82) is 0 Å². The minimum atomic E-state index is 0.0484. The molecule has 0 radical (unpaired) electrons. The molecule has 19 heavy (non-hydrogen) atoms. The van der Waals surface area contributed by atoms with Gasteiger partial charge in [0.25, 0.3) is 0 Å². The van der Waals surface area contributed by atoms with Crippen LogP contribution in [-0.2, 0) is 17.8 Å². The maximum Gasteiger partial charge on any atom is 0.244 e. The van der Waals surface area contributed by atoms with Gasteiger partial charge in [0.05, 0.1) is 5.69 Å². The number of aromatic nitrogens is 3. The van der Waals surface area contributed by atoms with Crippen LogP contribution in [0.15, 0.2) is 6.20 Å². The maximum absolute atomic E-state index is 12.3. The number of amides is 1. The van der Waals surface area contributed by atoms with Crippen LogP contribution in [0.2, 0.25) is 0 Å². The van der Waals surface area contributed by atoms with Crippen molar-refractivity contribution in [2.24, 2.45) is 0 Å². The van der Waals surface area contributed by atoms with Gasteiger partial charge < -0.3 is 10.0 Å². The van der Waals surface area contributed by atoms with Gasteiger partial charge in [-0.3, -0.25) is 4.79 Å². The molecule has 2 atom stereocenters. The number of carbonyl (C=O) groups excluding carboxylic acids is 1. The minimum absolute atomic E-state index is 0.0484. The zero-order valence-corrected chi connectivity index (χ0v) is 11.6. The van der Waals surface area contributed by atoms with Gasteiger partial charge in [-0.2, -0.15) is 0 Å². The molecule has 1 aromatic rings. The molecule has 1 saturated heterocycles. The van der Waals surface area contributed by atoms with E-state index in [1.807, 2.05) is 4.90 Å². The number of rotatable bonds is 4. The Labute approximate surface area is 113 Å². The number of piperidine rings is 1. The van der Waals surface area contributed by atoms with Crippen molar-refractivity contribution in [1.82, 2.24) is 19.9 Å². The van der Waals surface area contributed by atoms with E-state index in [1.165, 1.54) is 6.42 Å². The lowest BCUT2D eigenvalue weighted by atomic mass is 9.97. The number of likely N-dealkylation sites (tertiary alicyclic amines) is 1. The molecule has 0 bridgehead atoms. The van der Waals surface area contributed by atoms with Crippen LogP contribution in [0.5, 0.6) is 0 Å². The molecule has 2 rings (SSSR count). The fourth-order valence-corrected chi connectivity index (χ4v) is 2.78. The van der Waals surface area contributed by atoms with Crippen molar-refractivity contribution in [2.45, 2.75) is 58.2 Å². The average Bonchev–Trinajstić information content (AvgIpc) is 2.77. The monoisotopic (exact) mass is 266 g/mol. The lowest BCUT2D eigenvalue weighted by molar-refractivity contribution is -0.138. The molecule has 0 spiro atoms. The van der Waals surface area contributed by atoms with Crippen molar-refractivity contribution < 1.29 is 9.90 Å². The molecule has 6 heteroatoms. The van der Waals surface area contributed by atoms with E-state index in [0.29, 0.717) is 18.5 Å². The van der Waals surface area contributed by atoms with Crippen molar-refractivity contribution in [3.05, 3.63) is 11.9 Å². The molecule has 2 heterocycles. The van der Waals surface area contributed by atoms with E-state index in [9.17, 15) is 4.79 Å². The van der Waals surface area contributed by atoms with Crippen LogP contribution in [0.4, 0.5) is 0 Å². The third-order valence-corrected chi connectivity index (χ3v) is 3.73. The van der Waals surface area contributed by atoms with Crippen LogP contribution < -0.4 is 0 Å². The topological polar surface area (TPSA) is 71.2 Å². The smallest absolute Gasteiger partial charge is 0.244 e. The van der Waals surface area contributed by atoms with E-state index in [0.717, 1.165) is 18.5 Å². The Morgan fingerprint density at radius 2 is 2.11 bits per heavy atom.